The molecule has 1 aromatic carbocycles. The Balaban J connectivity index is 2.15. The van der Waals surface area contributed by atoms with Gasteiger partial charge in [0.05, 0.1) is 5.60 Å². The molecule has 4 heteroatoms. The zero-order valence-corrected chi connectivity index (χ0v) is 15.1. The molecule has 3 nitrogen and oxygen atoms in total. The summed E-state index contributed by atoms with van der Waals surface area (Å²) in [5.41, 5.74) is 2.19. The highest BCUT2D eigenvalue weighted by atomic mass is 79.9. The molecule has 0 aliphatic carbocycles. The molecule has 1 aliphatic heterocycles. The van der Waals surface area contributed by atoms with Gasteiger partial charge in [0.25, 0.3) is 0 Å². The van der Waals surface area contributed by atoms with E-state index in [1.165, 1.54) is 11.3 Å². The molecule has 0 saturated carbocycles. The van der Waals surface area contributed by atoms with Gasteiger partial charge in [0, 0.05) is 35.3 Å². The molecule has 1 heterocycles. The van der Waals surface area contributed by atoms with Gasteiger partial charge < -0.3 is 15.3 Å². The van der Waals surface area contributed by atoms with E-state index in [9.17, 15) is 5.11 Å². The van der Waals surface area contributed by atoms with Crippen LogP contribution in [0.4, 0.5) is 5.69 Å². The van der Waals surface area contributed by atoms with Crippen molar-refractivity contribution in [3.8, 4) is 0 Å². The van der Waals surface area contributed by atoms with Gasteiger partial charge >= 0.3 is 0 Å². The quantitative estimate of drug-likeness (QED) is 0.868. The second-order valence-electron chi connectivity index (χ2n) is 7.36. The van der Waals surface area contributed by atoms with Gasteiger partial charge in [-0.1, -0.05) is 15.9 Å². The van der Waals surface area contributed by atoms with Gasteiger partial charge in [0.15, 0.2) is 0 Å². The second-order valence-corrected chi connectivity index (χ2v) is 8.28. The van der Waals surface area contributed by atoms with Crippen LogP contribution in [0.3, 0.4) is 0 Å². The highest BCUT2D eigenvalue weighted by molar-refractivity contribution is 9.10. The summed E-state index contributed by atoms with van der Waals surface area (Å²) in [6.45, 7) is 11.2. The fourth-order valence-electron chi connectivity index (χ4n) is 2.59. The molecule has 0 unspecified atom stereocenters. The van der Waals surface area contributed by atoms with Crippen LogP contribution in [0, 0.1) is 0 Å². The first-order valence-electron chi connectivity index (χ1n) is 7.67. The molecule has 2 N–H and O–H groups in total. The van der Waals surface area contributed by atoms with Crippen molar-refractivity contribution >= 4 is 21.6 Å². The SMILES string of the molecule is CC1(O)CCN(c2ccc(Br)cc2CNC(C)(C)C)CC1. The van der Waals surface area contributed by atoms with Crippen molar-refractivity contribution in [1.29, 1.82) is 0 Å². The van der Waals surface area contributed by atoms with Gasteiger partial charge in [-0.2, -0.15) is 0 Å². The third-order valence-electron chi connectivity index (χ3n) is 4.03. The topological polar surface area (TPSA) is 35.5 Å². The number of piperidine rings is 1. The molecule has 0 aromatic heterocycles. The standard InChI is InChI=1S/C17H27BrN2O/c1-16(2,3)19-12-13-11-14(18)5-6-15(13)20-9-7-17(4,21)8-10-20/h5-6,11,19,21H,7-10,12H2,1-4H3. The summed E-state index contributed by atoms with van der Waals surface area (Å²) in [5, 5.41) is 13.7. The minimum atomic E-state index is -0.504. The van der Waals surface area contributed by atoms with Crippen LogP contribution in [-0.2, 0) is 6.54 Å². The number of benzene rings is 1. The van der Waals surface area contributed by atoms with E-state index in [-0.39, 0.29) is 5.54 Å². The zero-order chi connectivity index (χ0) is 15.7. The molecular formula is C17H27BrN2O. The Bertz CT molecular complexity index is 484. The Hall–Kier alpha value is -0.580. The number of rotatable bonds is 3. The minimum Gasteiger partial charge on any atom is -0.390 e. The molecule has 0 bridgehead atoms. The fraction of sp³-hybridized carbons (Fsp3) is 0.647. The summed E-state index contributed by atoms with van der Waals surface area (Å²) in [6.07, 6.45) is 1.66. The Morgan fingerprint density at radius 3 is 2.48 bits per heavy atom. The Morgan fingerprint density at radius 2 is 1.90 bits per heavy atom. The summed E-state index contributed by atoms with van der Waals surface area (Å²) in [5.74, 6) is 0. The molecule has 118 valence electrons. The van der Waals surface area contributed by atoms with Gasteiger partial charge in [-0.05, 0) is 64.3 Å². The molecule has 0 amide bonds. The maximum Gasteiger partial charge on any atom is 0.0653 e. The molecule has 0 radical (unpaired) electrons. The molecule has 0 atom stereocenters. The third kappa shape index (κ3) is 4.97. The average Bonchev–Trinajstić information content (AvgIpc) is 2.36. The Kier molecular flexibility index (Phi) is 5.01. The van der Waals surface area contributed by atoms with Gasteiger partial charge in [-0.3, -0.25) is 0 Å². The van der Waals surface area contributed by atoms with Crippen molar-refractivity contribution in [1.82, 2.24) is 5.32 Å². The Morgan fingerprint density at radius 1 is 1.29 bits per heavy atom. The maximum atomic E-state index is 10.1. The fourth-order valence-corrected chi connectivity index (χ4v) is 3.00. The lowest BCUT2D eigenvalue weighted by molar-refractivity contribution is 0.0351. The minimum absolute atomic E-state index is 0.102. The van der Waals surface area contributed by atoms with E-state index in [2.05, 4.69) is 65.1 Å². The summed E-state index contributed by atoms with van der Waals surface area (Å²) in [4.78, 5) is 2.39. The molecule has 1 aromatic rings. The van der Waals surface area contributed by atoms with Crippen molar-refractivity contribution in [2.75, 3.05) is 18.0 Å². The molecule has 1 fully saturated rings. The highest BCUT2D eigenvalue weighted by Crippen LogP contribution is 2.30. The summed E-state index contributed by atoms with van der Waals surface area (Å²) < 4.78 is 1.11. The van der Waals surface area contributed by atoms with Crippen LogP contribution >= 0.6 is 15.9 Å². The summed E-state index contributed by atoms with van der Waals surface area (Å²) >= 11 is 3.57. The lowest BCUT2D eigenvalue weighted by Crippen LogP contribution is -2.43. The van der Waals surface area contributed by atoms with Crippen LogP contribution in [0.2, 0.25) is 0 Å². The first-order chi connectivity index (χ1) is 9.66. The number of halogens is 1. The summed E-state index contributed by atoms with van der Waals surface area (Å²) in [6, 6.07) is 6.48. The van der Waals surface area contributed by atoms with E-state index in [1.54, 1.807) is 0 Å². The number of nitrogens with zero attached hydrogens (tertiary/aromatic N) is 1. The number of nitrogens with one attached hydrogen (secondary N) is 1. The predicted molar refractivity (Wildman–Crippen MR) is 92.8 cm³/mol. The van der Waals surface area contributed by atoms with Crippen LogP contribution in [0.1, 0.15) is 46.1 Å². The van der Waals surface area contributed by atoms with Crippen molar-refractivity contribution in [3.63, 3.8) is 0 Å². The van der Waals surface area contributed by atoms with E-state index in [1.807, 2.05) is 6.92 Å². The maximum absolute atomic E-state index is 10.1. The van der Waals surface area contributed by atoms with Crippen LogP contribution in [0.5, 0.6) is 0 Å². The molecule has 2 rings (SSSR count). The third-order valence-corrected chi connectivity index (χ3v) is 4.53. The monoisotopic (exact) mass is 354 g/mol. The molecule has 21 heavy (non-hydrogen) atoms. The lowest BCUT2D eigenvalue weighted by atomic mass is 9.93. The zero-order valence-electron chi connectivity index (χ0n) is 13.5. The number of hydrogen-bond donors (Lipinski definition) is 2. The largest absolute Gasteiger partial charge is 0.390 e. The van der Waals surface area contributed by atoms with Crippen LogP contribution < -0.4 is 10.2 Å². The summed E-state index contributed by atoms with van der Waals surface area (Å²) in [7, 11) is 0. The highest BCUT2D eigenvalue weighted by Gasteiger charge is 2.28. The van der Waals surface area contributed by atoms with Crippen molar-refractivity contribution in [2.45, 2.75) is 58.2 Å². The van der Waals surface area contributed by atoms with Gasteiger partial charge in [0.1, 0.15) is 0 Å². The first-order valence-corrected chi connectivity index (χ1v) is 8.46. The smallest absolute Gasteiger partial charge is 0.0653 e. The van der Waals surface area contributed by atoms with Crippen molar-refractivity contribution in [2.24, 2.45) is 0 Å². The number of anilines is 1. The number of hydrogen-bond acceptors (Lipinski definition) is 3. The van der Waals surface area contributed by atoms with E-state index in [4.69, 9.17) is 0 Å². The second kappa shape index (κ2) is 6.27. The number of aliphatic hydroxyl groups is 1. The van der Waals surface area contributed by atoms with Crippen LogP contribution in [-0.4, -0.2) is 29.3 Å². The van der Waals surface area contributed by atoms with Gasteiger partial charge in [-0.25, -0.2) is 0 Å². The lowest BCUT2D eigenvalue weighted by Gasteiger charge is -2.38. The molecule has 0 spiro atoms. The molecular weight excluding hydrogens is 328 g/mol. The first kappa shape index (κ1) is 16.8. The van der Waals surface area contributed by atoms with Crippen LogP contribution in [0.15, 0.2) is 22.7 Å². The molecule has 1 saturated heterocycles. The predicted octanol–water partition coefficient (Wildman–Crippen LogP) is 3.69. The van der Waals surface area contributed by atoms with E-state index < -0.39 is 5.60 Å². The van der Waals surface area contributed by atoms with E-state index >= 15 is 0 Å². The van der Waals surface area contributed by atoms with Gasteiger partial charge in [-0.15, -0.1) is 0 Å². The Labute approximate surface area is 136 Å². The van der Waals surface area contributed by atoms with E-state index in [0.29, 0.717) is 0 Å². The average molecular weight is 355 g/mol. The molecule has 1 aliphatic rings. The van der Waals surface area contributed by atoms with Crippen molar-refractivity contribution in [3.05, 3.63) is 28.2 Å². The normalized spacial score (nSPS) is 18.9. The van der Waals surface area contributed by atoms with Crippen LogP contribution in [0.25, 0.3) is 0 Å². The van der Waals surface area contributed by atoms with E-state index in [0.717, 1.165) is 36.9 Å². The van der Waals surface area contributed by atoms with Gasteiger partial charge in [0.2, 0.25) is 0 Å². The van der Waals surface area contributed by atoms with Crippen molar-refractivity contribution < 1.29 is 5.11 Å².